The lowest BCUT2D eigenvalue weighted by Gasteiger charge is -2.11. The first-order valence-electron chi connectivity index (χ1n) is 13.3. The highest BCUT2D eigenvalue weighted by atomic mass is 16.3. The van der Waals surface area contributed by atoms with E-state index in [1.165, 1.54) is 10.8 Å². The van der Waals surface area contributed by atoms with Crippen molar-refractivity contribution in [3.63, 3.8) is 0 Å². The number of rotatable bonds is 2. The van der Waals surface area contributed by atoms with Gasteiger partial charge in [-0.1, -0.05) is 84.9 Å². The van der Waals surface area contributed by atoms with Crippen LogP contribution >= 0.6 is 0 Å². The molecule has 0 saturated carbocycles. The molecule has 0 fully saturated rings. The summed E-state index contributed by atoms with van der Waals surface area (Å²) in [4.78, 5) is 10.1. The number of hydrogen-bond acceptors (Lipinski definition) is 3. The van der Waals surface area contributed by atoms with Gasteiger partial charge in [0.15, 0.2) is 0 Å². The predicted molar refractivity (Wildman–Crippen MR) is 162 cm³/mol. The molecule has 0 aliphatic carbocycles. The smallest absolute Gasteiger partial charge is 0.138 e. The number of para-hydroxylation sites is 1. The van der Waals surface area contributed by atoms with E-state index in [-0.39, 0.29) is 0 Å². The number of aryl methyl sites for hydroxylation is 2. The van der Waals surface area contributed by atoms with Crippen LogP contribution in [0.5, 0.6) is 0 Å². The van der Waals surface area contributed by atoms with Gasteiger partial charge in [-0.25, -0.2) is 4.98 Å². The van der Waals surface area contributed by atoms with Gasteiger partial charge < -0.3 is 4.42 Å². The van der Waals surface area contributed by atoms with E-state index in [1.807, 2.05) is 6.20 Å². The van der Waals surface area contributed by atoms with Gasteiger partial charge in [0.1, 0.15) is 11.2 Å². The Balaban J connectivity index is 1.32. The van der Waals surface area contributed by atoms with Crippen LogP contribution in [-0.2, 0) is 0 Å². The summed E-state index contributed by atoms with van der Waals surface area (Å²) in [6.45, 7) is 4.22. The van der Waals surface area contributed by atoms with Crippen molar-refractivity contribution >= 4 is 54.5 Å². The maximum atomic E-state index is 6.29. The van der Waals surface area contributed by atoms with Gasteiger partial charge >= 0.3 is 0 Å². The fourth-order valence-corrected chi connectivity index (χ4v) is 6.00. The lowest BCUT2D eigenvalue weighted by atomic mass is 9.97. The molecule has 0 unspecified atom stereocenters. The summed E-state index contributed by atoms with van der Waals surface area (Å²) < 4.78 is 6.29. The molecule has 184 valence electrons. The summed E-state index contributed by atoms with van der Waals surface area (Å²) in [5.74, 6) is 0. The van der Waals surface area contributed by atoms with Gasteiger partial charge in [-0.05, 0) is 65.1 Å². The third kappa shape index (κ3) is 3.30. The minimum absolute atomic E-state index is 0.868. The Hall–Kier alpha value is -5.02. The van der Waals surface area contributed by atoms with Crippen molar-refractivity contribution < 1.29 is 4.42 Å². The molecule has 0 aliphatic heterocycles. The highest BCUT2D eigenvalue weighted by molar-refractivity contribution is 6.23. The number of benzene rings is 6. The Morgan fingerprint density at radius 2 is 1.13 bits per heavy atom. The monoisotopic (exact) mass is 500 g/mol. The maximum Gasteiger partial charge on any atom is 0.138 e. The van der Waals surface area contributed by atoms with E-state index in [1.54, 1.807) is 0 Å². The predicted octanol–water partition coefficient (Wildman–Crippen LogP) is 9.79. The molecule has 3 heteroatoms. The van der Waals surface area contributed by atoms with Crippen molar-refractivity contribution in [2.24, 2.45) is 0 Å². The van der Waals surface area contributed by atoms with Gasteiger partial charge in [-0.15, -0.1) is 0 Å². The van der Waals surface area contributed by atoms with E-state index in [9.17, 15) is 0 Å². The van der Waals surface area contributed by atoms with Crippen LogP contribution in [-0.4, -0.2) is 9.97 Å². The Labute approximate surface area is 225 Å². The fraction of sp³-hybridized carbons (Fsp3) is 0.0556. The summed E-state index contributed by atoms with van der Waals surface area (Å²) in [7, 11) is 0. The van der Waals surface area contributed by atoms with E-state index < -0.39 is 0 Å². The van der Waals surface area contributed by atoms with Crippen LogP contribution in [0, 0.1) is 13.8 Å². The molecule has 3 nitrogen and oxygen atoms in total. The first-order chi connectivity index (χ1) is 19.2. The molecule has 0 spiro atoms. The average Bonchev–Trinajstić information content (AvgIpc) is 3.38. The third-order valence-electron chi connectivity index (χ3n) is 7.90. The minimum Gasteiger partial charge on any atom is -0.456 e. The highest BCUT2D eigenvalue weighted by Gasteiger charge is 2.15. The van der Waals surface area contributed by atoms with Crippen LogP contribution in [0.15, 0.2) is 114 Å². The Morgan fingerprint density at radius 1 is 0.487 bits per heavy atom. The Morgan fingerprint density at radius 3 is 1.92 bits per heavy atom. The summed E-state index contributed by atoms with van der Waals surface area (Å²) in [5.41, 5.74) is 10.3. The van der Waals surface area contributed by atoms with Crippen molar-refractivity contribution in [2.45, 2.75) is 13.8 Å². The van der Waals surface area contributed by atoms with Crippen LogP contribution < -0.4 is 0 Å². The zero-order valence-corrected chi connectivity index (χ0v) is 21.7. The second kappa shape index (κ2) is 8.24. The molecule has 8 rings (SSSR count). The topological polar surface area (TPSA) is 38.9 Å². The van der Waals surface area contributed by atoms with E-state index in [2.05, 4.69) is 117 Å². The van der Waals surface area contributed by atoms with Crippen molar-refractivity contribution in [1.29, 1.82) is 0 Å². The van der Waals surface area contributed by atoms with Crippen molar-refractivity contribution in [1.82, 2.24) is 9.97 Å². The molecular weight excluding hydrogens is 476 g/mol. The minimum atomic E-state index is 0.868. The van der Waals surface area contributed by atoms with E-state index in [4.69, 9.17) is 14.4 Å². The molecule has 0 N–H and O–H groups in total. The van der Waals surface area contributed by atoms with Gasteiger partial charge in [-0.2, -0.15) is 0 Å². The molecule has 0 radical (unpaired) electrons. The SMILES string of the molecule is Cc1cccc2c1oc1c(C)cc(-c3cccc(-c4cnc5c6ccccc6c6ccccc6c5n4)c3)cc12. The normalized spacial score (nSPS) is 11.8. The van der Waals surface area contributed by atoms with Crippen LogP contribution in [0.2, 0.25) is 0 Å². The second-order valence-corrected chi connectivity index (χ2v) is 10.3. The molecule has 0 saturated heterocycles. The number of hydrogen-bond donors (Lipinski definition) is 0. The van der Waals surface area contributed by atoms with E-state index in [0.29, 0.717) is 0 Å². The average molecular weight is 501 g/mol. The van der Waals surface area contributed by atoms with Crippen LogP contribution in [0.3, 0.4) is 0 Å². The lowest BCUT2D eigenvalue weighted by molar-refractivity contribution is 0.663. The molecule has 0 amide bonds. The van der Waals surface area contributed by atoms with Gasteiger partial charge in [0.25, 0.3) is 0 Å². The summed E-state index contributed by atoms with van der Waals surface area (Å²) in [6.07, 6.45) is 1.91. The maximum absolute atomic E-state index is 6.29. The van der Waals surface area contributed by atoms with Gasteiger partial charge in [0, 0.05) is 27.1 Å². The number of fused-ring (bicyclic) bond motifs is 9. The zero-order valence-electron chi connectivity index (χ0n) is 21.7. The fourth-order valence-electron chi connectivity index (χ4n) is 6.00. The zero-order chi connectivity index (χ0) is 26.1. The van der Waals surface area contributed by atoms with Gasteiger partial charge in [-0.3, -0.25) is 4.98 Å². The lowest BCUT2D eigenvalue weighted by Crippen LogP contribution is -1.92. The molecule has 0 atom stereocenters. The standard InChI is InChI=1S/C36H24N2O/c1-21-9-7-16-30-31-19-25(17-22(2)36(31)39-35(21)30)23-10-8-11-24(18-23)32-20-37-33-28-14-5-3-12-26(28)27-13-4-6-15-29(27)34(33)38-32/h3-20H,1-2H3. The number of furan rings is 1. The van der Waals surface area contributed by atoms with Crippen LogP contribution in [0.1, 0.15) is 11.1 Å². The molecule has 2 aromatic heterocycles. The van der Waals surface area contributed by atoms with Crippen molar-refractivity contribution in [2.75, 3.05) is 0 Å². The molecule has 39 heavy (non-hydrogen) atoms. The highest BCUT2D eigenvalue weighted by Crippen LogP contribution is 2.38. The number of nitrogens with zero attached hydrogens (tertiary/aromatic N) is 2. The molecule has 0 bridgehead atoms. The van der Waals surface area contributed by atoms with E-state index in [0.717, 1.165) is 77.3 Å². The first-order valence-corrected chi connectivity index (χ1v) is 13.3. The molecular formula is C36H24N2O. The van der Waals surface area contributed by atoms with E-state index >= 15 is 0 Å². The number of aromatic nitrogens is 2. The van der Waals surface area contributed by atoms with Crippen molar-refractivity contribution in [3.05, 3.63) is 120 Å². The van der Waals surface area contributed by atoms with Gasteiger partial charge in [0.05, 0.1) is 22.9 Å². The molecule has 6 aromatic carbocycles. The third-order valence-corrected chi connectivity index (χ3v) is 7.90. The van der Waals surface area contributed by atoms with Crippen molar-refractivity contribution in [3.8, 4) is 22.4 Å². The first kappa shape index (κ1) is 22.0. The summed E-state index contributed by atoms with van der Waals surface area (Å²) in [5, 5.41) is 6.97. The molecule has 8 aromatic rings. The summed E-state index contributed by atoms with van der Waals surface area (Å²) in [6, 6.07) is 36.3. The van der Waals surface area contributed by atoms with Gasteiger partial charge in [0.2, 0.25) is 0 Å². The second-order valence-electron chi connectivity index (χ2n) is 10.3. The Bertz CT molecular complexity index is 2220. The van der Waals surface area contributed by atoms with Crippen LogP contribution in [0.4, 0.5) is 0 Å². The summed E-state index contributed by atoms with van der Waals surface area (Å²) >= 11 is 0. The van der Waals surface area contributed by atoms with Crippen LogP contribution in [0.25, 0.3) is 76.9 Å². The molecule has 0 aliphatic rings. The molecule has 2 heterocycles. The Kier molecular flexibility index (Phi) is 4.65. The largest absolute Gasteiger partial charge is 0.456 e. The quantitative estimate of drug-likeness (QED) is 0.222.